The van der Waals surface area contributed by atoms with Crippen molar-refractivity contribution in [2.75, 3.05) is 7.11 Å². The van der Waals surface area contributed by atoms with Crippen molar-refractivity contribution in [1.29, 1.82) is 0 Å². The molecule has 3 unspecified atom stereocenters. The van der Waals surface area contributed by atoms with E-state index in [1.165, 1.54) is 6.42 Å². The zero-order chi connectivity index (χ0) is 24.2. The maximum atomic E-state index is 13.2. The number of nitrogens with zero attached hydrogens (tertiary/aromatic N) is 2. The van der Waals surface area contributed by atoms with Crippen LogP contribution in [-0.2, 0) is 29.7 Å². The second-order valence-electron chi connectivity index (χ2n) is 9.87. The number of hydrogen-bond donors (Lipinski definition) is 0. The summed E-state index contributed by atoms with van der Waals surface area (Å²) in [6.07, 6.45) is 3.27. The van der Waals surface area contributed by atoms with E-state index in [2.05, 4.69) is 31.4 Å². The molecular weight excluding hydrogens is 464 g/mol. The Morgan fingerprint density at radius 3 is 2.46 bits per heavy atom. The molecule has 4 rings (SSSR count). The molecule has 1 heterocycles. The number of aromatic nitrogens is 2. The zero-order valence-electron chi connectivity index (χ0n) is 21.4. The molecule has 0 bridgehead atoms. The first kappa shape index (κ1) is 26.9. The Morgan fingerprint density at radius 1 is 1.09 bits per heavy atom. The van der Waals surface area contributed by atoms with E-state index in [-0.39, 0.29) is 31.0 Å². The zero-order valence-corrected chi connectivity index (χ0v) is 22.1. The van der Waals surface area contributed by atoms with Crippen LogP contribution in [0.25, 0.3) is 11.0 Å². The fourth-order valence-electron chi connectivity index (χ4n) is 5.19. The molecule has 1 aliphatic carbocycles. The summed E-state index contributed by atoms with van der Waals surface area (Å²) in [5.41, 5.74) is 2.04. The number of benzene rings is 2. The minimum Gasteiger partial charge on any atom is -1.00 e. The summed E-state index contributed by atoms with van der Waals surface area (Å²) in [7, 11) is 3.65. The molecule has 0 amide bonds. The summed E-state index contributed by atoms with van der Waals surface area (Å²) >= 11 is 0. The molecule has 0 aliphatic heterocycles. The lowest BCUT2D eigenvalue weighted by Gasteiger charge is -2.36. The van der Waals surface area contributed by atoms with Gasteiger partial charge in [0.05, 0.1) is 14.2 Å². The van der Waals surface area contributed by atoms with Crippen LogP contribution in [0.2, 0.25) is 0 Å². The first-order valence-electron chi connectivity index (χ1n) is 12.3. The summed E-state index contributed by atoms with van der Waals surface area (Å²) in [6.45, 7) is 7.22. The highest BCUT2D eigenvalue weighted by Crippen LogP contribution is 2.35. The number of aryl methyl sites for hydroxylation is 1. The van der Waals surface area contributed by atoms with E-state index in [4.69, 9.17) is 14.2 Å². The third kappa shape index (κ3) is 6.10. The van der Waals surface area contributed by atoms with Crippen LogP contribution in [0.1, 0.15) is 45.9 Å². The van der Waals surface area contributed by atoms with Crippen molar-refractivity contribution < 1.29 is 36.0 Å². The maximum absolute atomic E-state index is 13.2. The van der Waals surface area contributed by atoms with Crippen molar-refractivity contribution in [1.82, 2.24) is 4.57 Å². The fraction of sp³-hybridized carbons (Fsp3) is 0.500. The Bertz CT molecular complexity index is 1130. The fourth-order valence-corrected chi connectivity index (χ4v) is 5.19. The number of ether oxygens (including phenoxy) is 3. The molecule has 7 heteroatoms. The van der Waals surface area contributed by atoms with Crippen LogP contribution in [0.4, 0.5) is 0 Å². The average molecular weight is 501 g/mol. The van der Waals surface area contributed by atoms with Gasteiger partial charge in [-0.2, -0.15) is 0 Å². The third-order valence-electron chi connectivity index (χ3n) is 7.19. The minimum absolute atomic E-state index is 0. The van der Waals surface area contributed by atoms with Gasteiger partial charge in [0, 0.05) is 0 Å². The van der Waals surface area contributed by atoms with Gasteiger partial charge in [0.2, 0.25) is 0 Å². The normalized spacial score (nSPS) is 19.9. The molecule has 35 heavy (non-hydrogen) atoms. The summed E-state index contributed by atoms with van der Waals surface area (Å²) < 4.78 is 21.5. The van der Waals surface area contributed by atoms with Gasteiger partial charge in [0.1, 0.15) is 17.6 Å². The number of halogens is 1. The van der Waals surface area contributed by atoms with E-state index in [9.17, 15) is 4.79 Å². The molecule has 0 spiro atoms. The van der Waals surface area contributed by atoms with Crippen LogP contribution >= 0.6 is 0 Å². The van der Waals surface area contributed by atoms with Gasteiger partial charge in [-0.3, -0.25) is 0 Å². The summed E-state index contributed by atoms with van der Waals surface area (Å²) in [6, 6.07) is 15.6. The van der Waals surface area contributed by atoms with E-state index in [1.54, 1.807) is 7.11 Å². The van der Waals surface area contributed by atoms with Crippen molar-refractivity contribution in [3.8, 4) is 11.5 Å². The van der Waals surface area contributed by atoms with Gasteiger partial charge < -0.3 is 26.6 Å². The van der Waals surface area contributed by atoms with Crippen LogP contribution in [0.3, 0.4) is 0 Å². The lowest BCUT2D eigenvalue weighted by atomic mass is 9.75. The van der Waals surface area contributed by atoms with Gasteiger partial charge in [0.25, 0.3) is 5.82 Å². The molecule has 1 fully saturated rings. The molecule has 6 nitrogen and oxygen atoms in total. The number of carbonyl (C=O) groups is 1. The van der Waals surface area contributed by atoms with Gasteiger partial charge in [-0.25, -0.2) is 13.9 Å². The second-order valence-corrected chi connectivity index (χ2v) is 9.87. The van der Waals surface area contributed by atoms with E-state index in [0.717, 1.165) is 41.2 Å². The lowest BCUT2D eigenvalue weighted by molar-refractivity contribution is -0.655. The van der Waals surface area contributed by atoms with Gasteiger partial charge in [-0.05, 0) is 67.0 Å². The molecule has 0 N–H and O–H groups in total. The Hall–Kier alpha value is -2.73. The first-order chi connectivity index (χ1) is 16.4. The molecule has 2 aromatic carbocycles. The smallest absolute Gasteiger partial charge is 0.348 e. The SMILES string of the molecule is COc1ccc(OCc2n(CC(=O)OC3CC(C)CCC3C(C)C)c3ccccc3[n+]2C)cc1.[Cl-]. The first-order valence-corrected chi connectivity index (χ1v) is 12.3. The predicted molar refractivity (Wildman–Crippen MR) is 132 cm³/mol. The number of rotatable bonds is 8. The molecule has 1 aromatic heterocycles. The minimum atomic E-state index is -0.184. The highest BCUT2D eigenvalue weighted by Gasteiger charge is 2.34. The number of carbonyl (C=O) groups excluding carboxylic acids is 1. The van der Waals surface area contributed by atoms with Crippen LogP contribution < -0.4 is 26.4 Å². The third-order valence-corrected chi connectivity index (χ3v) is 7.19. The molecule has 0 saturated heterocycles. The van der Waals surface area contributed by atoms with Crippen LogP contribution in [0, 0.1) is 17.8 Å². The van der Waals surface area contributed by atoms with E-state index in [0.29, 0.717) is 24.4 Å². The molecule has 1 aliphatic rings. The summed E-state index contributed by atoms with van der Waals surface area (Å²) in [5, 5.41) is 0. The highest BCUT2D eigenvalue weighted by molar-refractivity contribution is 5.76. The topological polar surface area (TPSA) is 53.6 Å². The number of para-hydroxylation sites is 2. The van der Waals surface area contributed by atoms with Crippen molar-refractivity contribution >= 4 is 17.0 Å². The second kappa shape index (κ2) is 11.8. The van der Waals surface area contributed by atoms with E-state index in [1.807, 2.05) is 54.1 Å². The Kier molecular flexibility index (Phi) is 9.06. The largest absolute Gasteiger partial charge is 1.00 e. The average Bonchev–Trinajstić information content (AvgIpc) is 3.08. The Balaban J connectivity index is 0.00000342. The number of imidazole rings is 1. The van der Waals surface area contributed by atoms with Gasteiger partial charge in [-0.1, -0.05) is 39.3 Å². The Labute approximate surface area is 214 Å². The van der Waals surface area contributed by atoms with Crippen molar-refractivity contribution in [2.45, 2.75) is 59.3 Å². The number of fused-ring (bicyclic) bond motifs is 1. The van der Waals surface area contributed by atoms with Crippen LogP contribution in [-0.4, -0.2) is 23.8 Å². The number of esters is 1. The van der Waals surface area contributed by atoms with E-state index < -0.39 is 0 Å². The summed E-state index contributed by atoms with van der Waals surface area (Å²) in [5.74, 6) is 3.77. The molecular formula is C28H37ClN2O4. The molecule has 190 valence electrons. The molecule has 1 saturated carbocycles. The Morgan fingerprint density at radius 2 is 1.77 bits per heavy atom. The number of methoxy groups -OCH3 is 1. The van der Waals surface area contributed by atoms with Gasteiger partial charge in [0.15, 0.2) is 24.2 Å². The maximum Gasteiger partial charge on any atom is 0.348 e. The van der Waals surface area contributed by atoms with Crippen molar-refractivity contribution in [3.05, 3.63) is 54.4 Å². The highest BCUT2D eigenvalue weighted by atomic mass is 35.5. The number of hydrogen-bond acceptors (Lipinski definition) is 4. The van der Waals surface area contributed by atoms with Crippen molar-refractivity contribution in [2.24, 2.45) is 24.8 Å². The van der Waals surface area contributed by atoms with Gasteiger partial charge >= 0.3 is 5.97 Å². The van der Waals surface area contributed by atoms with E-state index >= 15 is 0 Å². The molecule has 0 radical (unpaired) electrons. The molecule has 3 aromatic rings. The predicted octanol–water partition coefficient (Wildman–Crippen LogP) is 2.06. The van der Waals surface area contributed by atoms with Gasteiger partial charge in [-0.15, -0.1) is 0 Å². The standard InChI is InChI=1S/C28H37N2O4.ClH/c1-19(2)23-15-10-20(3)16-26(23)34-28(31)17-30-25-9-7-6-8-24(25)29(4)27(30)18-33-22-13-11-21(32-5)12-14-22;/h6-9,11-14,19-20,23,26H,10,15-18H2,1-5H3;1H/q+1;/p-1. The summed E-state index contributed by atoms with van der Waals surface area (Å²) in [4.78, 5) is 13.2. The lowest BCUT2D eigenvalue weighted by Crippen LogP contribution is -3.00. The van der Waals surface area contributed by atoms with Crippen LogP contribution in [0.5, 0.6) is 11.5 Å². The van der Waals surface area contributed by atoms with Crippen LogP contribution in [0.15, 0.2) is 48.5 Å². The monoisotopic (exact) mass is 500 g/mol. The quantitative estimate of drug-likeness (QED) is 0.351. The molecule has 3 atom stereocenters. The van der Waals surface area contributed by atoms with Crippen molar-refractivity contribution in [3.63, 3.8) is 0 Å².